The monoisotopic (exact) mass is 384 g/mol. The zero-order chi connectivity index (χ0) is 19.6. The van der Waals surface area contributed by atoms with E-state index in [1.807, 2.05) is 36.4 Å². The van der Waals surface area contributed by atoms with Crippen molar-refractivity contribution >= 4 is 27.9 Å². The summed E-state index contributed by atoms with van der Waals surface area (Å²) < 4.78 is 1.68. The minimum atomic E-state index is -0.198. The Morgan fingerprint density at radius 1 is 1.00 bits per heavy atom. The molecule has 0 aliphatic carbocycles. The molecule has 0 aliphatic rings. The average molecular weight is 384 g/mol. The van der Waals surface area contributed by atoms with Crippen LogP contribution in [-0.2, 0) is 6.42 Å². The van der Waals surface area contributed by atoms with E-state index in [4.69, 9.17) is 0 Å². The Morgan fingerprint density at radius 2 is 1.83 bits per heavy atom. The lowest BCUT2D eigenvalue weighted by atomic mass is 10.1. The first kappa shape index (κ1) is 17.2. The molecule has 2 aromatic carbocycles. The smallest absolute Gasteiger partial charge is 0.263 e. The van der Waals surface area contributed by atoms with Crippen LogP contribution in [0.5, 0.6) is 0 Å². The molecule has 0 spiro atoms. The van der Waals surface area contributed by atoms with Crippen molar-refractivity contribution in [1.29, 1.82) is 0 Å². The van der Waals surface area contributed by atoms with Crippen LogP contribution in [0.1, 0.15) is 12.0 Å². The Bertz CT molecular complexity index is 1330. The quantitative estimate of drug-likeness (QED) is 0.390. The van der Waals surface area contributed by atoms with E-state index in [0.717, 1.165) is 24.0 Å². The Labute approximate surface area is 166 Å². The van der Waals surface area contributed by atoms with Gasteiger partial charge in [-0.25, -0.2) is 4.68 Å². The van der Waals surface area contributed by atoms with Gasteiger partial charge in [0.1, 0.15) is 5.39 Å². The molecule has 29 heavy (non-hydrogen) atoms. The first-order chi connectivity index (χ1) is 14.3. The summed E-state index contributed by atoms with van der Waals surface area (Å²) in [5.74, 6) is 0.458. The average Bonchev–Trinajstić information content (AvgIpc) is 3.37. The third-order valence-corrected chi connectivity index (χ3v) is 5.03. The molecular formula is C22H20N6O. The first-order valence-corrected chi connectivity index (χ1v) is 9.62. The van der Waals surface area contributed by atoms with Crippen molar-refractivity contribution in [2.24, 2.45) is 0 Å². The van der Waals surface area contributed by atoms with E-state index < -0.39 is 0 Å². The number of aromatic amines is 2. The standard InChI is InChI=1S/C22H20N6O/c29-21-18-14-25-28(16-8-2-1-3-9-16)20(18)26-22(27-21)23-12-6-7-15-13-24-19-11-5-4-10-17(15)19/h1-5,8-11,13-14,24H,6-7,12H2,(H2,23,26,27,29). The van der Waals surface area contributed by atoms with Crippen LogP contribution in [0.2, 0.25) is 0 Å². The lowest BCUT2D eigenvalue weighted by molar-refractivity contribution is 0.853. The second kappa shape index (κ2) is 7.27. The predicted molar refractivity (Wildman–Crippen MR) is 115 cm³/mol. The molecule has 0 amide bonds. The lowest BCUT2D eigenvalue weighted by Gasteiger charge is -2.07. The van der Waals surface area contributed by atoms with Crippen LogP contribution < -0.4 is 10.9 Å². The van der Waals surface area contributed by atoms with Gasteiger partial charge in [-0.3, -0.25) is 9.78 Å². The van der Waals surface area contributed by atoms with Gasteiger partial charge in [-0.05, 0) is 36.6 Å². The molecule has 7 heteroatoms. The Hall–Kier alpha value is -3.87. The minimum Gasteiger partial charge on any atom is -0.361 e. The number of aryl methyl sites for hydroxylation is 1. The summed E-state index contributed by atoms with van der Waals surface area (Å²) in [6.45, 7) is 0.702. The van der Waals surface area contributed by atoms with E-state index in [0.29, 0.717) is 23.5 Å². The molecule has 3 heterocycles. The van der Waals surface area contributed by atoms with Gasteiger partial charge in [0.2, 0.25) is 5.95 Å². The van der Waals surface area contributed by atoms with E-state index in [-0.39, 0.29) is 5.56 Å². The van der Waals surface area contributed by atoms with Gasteiger partial charge < -0.3 is 10.3 Å². The summed E-state index contributed by atoms with van der Waals surface area (Å²) in [4.78, 5) is 23.1. The number of para-hydroxylation sites is 2. The number of benzene rings is 2. The number of H-pyrrole nitrogens is 2. The minimum absolute atomic E-state index is 0.198. The predicted octanol–water partition coefficient (Wildman–Crippen LogP) is 3.63. The van der Waals surface area contributed by atoms with Crippen molar-refractivity contribution < 1.29 is 0 Å². The van der Waals surface area contributed by atoms with Crippen LogP contribution in [0.3, 0.4) is 0 Å². The molecule has 0 aliphatic heterocycles. The maximum Gasteiger partial charge on any atom is 0.263 e. The molecule has 0 atom stereocenters. The van der Waals surface area contributed by atoms with Crippen molar-refractivity contribution in [3.63, 3.8) is 0 Å². The Kier molecular flexibility index (Phi) is 4.32. The number of hydrogen-bond acceptors (Lipinski definition) is 4. The molecule has 0 saturated heterocycles. The molecule has 0 saturated carbocycles. The molecule has 144 valence electrons. The van der Waals surface area contributed by atoms with Crippen LogP contribution in [0, 0.1) is 0 Å². The first-order valence-electron chi connectivity index (χ1n) is 9.62. The fraction of sp³-hybridized carbons (Fsp3) is 0.136. The van der Waals surface area contributed by atoms with E-state index in [1.165, 1.54) is 10.9 Å². The summed E-state index contributed by atoms with van der Waals surface area (Å²) in [6.07, 6.45) is 5.47. The summed E-state index contributed by atoms with van der Waals surface area (Å²) in [5.41, 5.74) is 3.66. The third-order valence-electron chi connectivity index (χ3n) is 5.03. The molecule has 3 N–H and O–H groups in total. The molecule has 5 aromatic rings. The van der Waals surface area contributed by atoms with Crippen LogP contribution in [0.4, 0.5) is 5.95 Å². The van der Waals surface area contributed by atoms with Gasteiger partial charge in [0.15, 0.2) is 5.65 Å². The number of fused-ring (bicyclic) bond motifs is 2. The molecule has 0 radical (unpaired) electrons. The number of hydrogen-bond donors (Lipinski definition) is 3. The zero-order valence-electron chi connectivity index (χ0n) is 15.7. The van der Waals surface area contributed by atoms with Crippen LogP contribution >= 0.6 is 0 Å². The third kappa shape index (κ3) is 3.27. The van der Waals surface area contributed by atoms with E-state index in [2.05, 4.69) is 49.8 Å². The molecule has 7 nitrogen and oxygen atoms in total. The molecule has 0 fully saturated rings. The molecular weight excluding hydrogens is 364 g/mol. The van der Waals surface area contributed by atoms with Crippen LogP contribution in [0.15, 0.2) is 71.8 Å². The van der Waals surface area contributed by atoms with Crippen molar-refractivity contribution in [3.05, 3.63) is 82.9 Å². The molecule has 0 bridgehead atoms. The summed E-state index contributed by atoms with van der Waals surface area (Å²) in [7, 11) is 0. The van der Waals surface area contributed by atoms with E-state index >= 15 is 0 Å². The van der Waals surface area contributed by atoms with Gasteiger partial charge in [-0.15, -0.1) is 0 Å². The fourth-order valence-electron chi connectivity index (χ4n) is 3.58. The largest absolute Gasteiger partial charge is 0.361 e. The topological polar surface area (TPSA) is 91.4 Å². The fourth-order valence-corrected chi connectivity index (χ4v) is 3.58. The second-order valence-electron chi connectivity index (χ2n) is 6.93. The van der Waals surface area contributed by atoms with Gasteiger partial charge in [-0.1, -0.05) is 36.4 Å². The number of rotatable bonds is 6. The van der Waals surface area contributed by atoms with E-state index in [9.17, 15) is 4.79 Å². The molecule has 3 aromatic heterocycles. The van der Waals surface area contributed by atoms with Gasteiger partial charge in [0.25, 0.3) is 5.56 Å². The number of aromatic nitrogens is 5. The van der Waals surface area contributed by atoms with Crippen LogP contribution in [0.25, 0.3) is 27.6 Å². The Balaban J connectivity index is 1.32. The summed E-state index contributed by atoms with van der Waals surface area (Å²) >= 11 is 0. The maximum atomic E-state index is 12.4. The lowest BCUT2D eigenvalue weighted by Crippen LogP contribution is -2.14. The van der Waals surface area contributed by atoms with Gasteiger partial charge in [0, 0.05) is 23.6 Å². The molecule has 0 unspecified atom stereocenters. The van der Waals surface area contributed by atoms with Gasteiger partial charge >= 0.3 is 0 Å². The number of nitrogens with one attached hydrogen (secondary N) is 3. The highest BCUT2D eigenvalue weighted by Gasteiger charge is 2.11. The highest BCUT2D eigenvalue weighted by atomic mass is 16.1. The van der Waals surface area contributed by atoms with Crippen molar-refractivity contribution in [3.8, 4) is 5.69 Å². The maximum absolute atomic E-state index is 12.4. The van der Waals surface area contributed by atoms with Crippen molar-refractivity contribution in [2.75, 3.05) is 11.9 Å². The second-order valence-corrected chi connectivity index (χ2v) is 6.93. The SMILES string of the molecule is O=c1[nH]c(NCCCc2c[nH]c3ccccc23)nc2c1cnn2-c1ccccc1. The van der Waals surface area contributed by atoms with Crippen molar-refractivity contribution in [1.82, 2.24) is 24.7 Å². The Morgan fingerprint density at radius 3 is 2.72 bits per heavy atom. The van der Waals surface area contributed by atoms with E-state index in [1.54, 1.807) is 10.9 Å². The summed E-state index contributed by atoms with van der Waals surface area (Å²) in [5, 5.41) is 9.30. The number of nitrogens with zero attached hydrogens (tertiary/aromatic N) is 3. The summed E-state index contributed by atoms with van der Waals surface area (Å²) in [6, 6.07) is 18.0. The molecule has 5 rings (SSSR count). The van der Waals surface area contributed by atoms with Gasteiger partial charge in [0.05, 0.1) is 11.9 Å². The highest BCUT2D eigenvalue weighted by molar-refractivity contribution is 5.83. The van der Waals surface area contributed by atoms with Gasteiger partial charge in [-0.2, -0.15) is 10.1 Å². The van der Waals surface area contributed by atoms with Crippen molar-refractivity contribution in [2.45, 2.75) is 12.8 Å². The zero-order valence-corrected chi connectivity index (χ0v) is 15.7. The normalized spacial score (nSPS) is 11.3. The van der Waals surface area contributed by atoms with Crippen LogP contribution in [-0.4, -0.2) is 31.3 Å². The number of anilines is 1. The highest BCUT2D eigenvalue weighted by Crippen LogP contribution is 2.19.